The van der Waals surface area contributed by atoms with E-state index in [0.717, 1.165) is 11.4 Å². The van der Waals surface area contributed by atoms with Gasteiger partial charge in [0.15, 0.2) is 5.65 Å². The van der Waals surface area contributed by atoms with E-state index < -0.39 is 6.10 Å². The van der Waals surface area contributed by atoms with Gasteiger partial charge in [-0.2, -0.15) is 5.10 Å². The fourth-order valence-electron chi connectivity index (χ4n) is 2.97. The van der Waals surface area contributed by atoms with Crippen molar-refractivity contribution in [2.45, 2.75) is 54.1 Å². The average molecular weight is 318 g/mol. The highest BCUT2D eigenvalue weighted by atomic mass is 16.3. The van der Waals surface area contributed by atoms with Crippen LogP contribution in [-0.2, 0) is 0 Å². The van der Waals surface area contributed by atoms with Crippen LogP contribution in [0.5, 0.6) is 0 Å². The summed E-state index contributed by atoms with van der Waals surface area (Å²) in [5.74, 6) is -0.173. The van der Waals surface area contributed by atoms with Crippen LogP contribution in [0.1, 0.15) is 54.6 Å². The Morgan fingerprint density at radius 3 is 2.65 bits per heavy atom. The Balaban J connectivity index is 2.26. The smallest absolute Gasteiger partial charge is 0.257 e. The molecule has 0 aromatic carbocycles. The molecule has 0 aliphatic rings. The molecule has 126 valence electrons. The Hall–Kier alpha value is -1.95. The fourth-order valence-corrected chi connectivity index (χ4v) is 2.97. The molecule has 0 radical (unpaired) electrons. The molecule has 1 atom stereocenters. The van der Waals surface area contributed by atoms with Gasteiger partial charge in [-0.25, -0.2) is 9.50 Å². The molecule has 2 N–H and O–H groups in total. The molecule has 0 bridgehead atoms. The molecule has 0 saturated heterocycles. The highest BCUT2D eigenvalue weighted by Gasteiger charge is 2.24. The molecule has 0 aliphatic carbocycles. The number of hydrogen-bond acceptors (Lipinski definition) is 4. The lowest BCUT2D eigenvalue weighted by atomic mass is 9.87. The number of carbonyl (C=O) groups is 1. The van der Waals surface area contributed by atoms with Crippen LogP contribution in [-0.4, -0.2) is 38.3 Å². The molecular formula is C17H26N4O2. The van der Waals surface area contributed by atoms with Crippen molar-refractivity contribution in [1.82, 2.24) is 19.9 Å². The maximum Gasteiger partial charge on any atom is 0.257 e. The van der Waals surface area contributed by atoms with Gasteiger partial charge >= 0.3 is 0 Å². The van der Waals surface area contributed by atoms with Crippen LogP contribution >= 0.6 is 0 Å². The van der Waals surface area contributed by atoms with E-state index >= 15 is 0 Å². The van der Waals surface area contributed by atoms with Crippen molar-refractivity contribution in [3.63, 3.8) is 0 Å². The molecule has 6 nitrogen and oxygen atoms in total. The number of aliphatic hydroxyl groups is 1. The third-order valence-corrected chi connectivity index (χ3v) is 3.87. The van der Waals surface area contributed by atoms with E-state index in [1.807, 2.05) is 40.7 Å². The van der Waals surface area contributed by atoms with Crippen LogP contribution in [0, 0.1) is 26.2 Å². The molecule has 2 heterocycles. The summed E-state index contributed by atoms with van der Waals surface area (Å²) in [6.45, 7) is 12.0. The zero-order valence-corrected chi connectivity index (χ0v) is 14.8. The summed E-state index contributed by atoms with van der Waals surface area (Å²) in [6, 6.07) is 1.94. The standard InChI is InChI=1S/C17H26N4O2/c1-10-7-11(2)21-15(19-10)14(13(4)20-21)16(23)18-9-17(5,6)8-12(3)22/h7,12,22H,8-9H2,1-6H3,(H,18,23). The maximum atomic E-state index is 12.6. The maximum absolute atomic E-state index is 12.6. The minimum atomic E-state index is -0.396. The summed E-state index contributed by atoms with van der Waals surface area (Å²) in [4.78, 5) is 17.1. The minimum absolute atomic E-state index is 0.173. The largest absolute Gasteiger partial charge is 0.393 e. The molecule has 23 heavy (non-hydrogen) atoms. The van der Waals surface area contributed by atoms with E-state index in [9.17, 15) is 9.90 Å². The highest BCUT2D eigenvalue weighted by Crippen LogP contribution is 2.22. The SMILES string of the molecule is Cc1cc(C)n2nc(C)c(C(=O)NCC(C)(C)CC(C)O)c2n1. The number of nitrogens with zero attached hydrogens (tertiary/aromatic N) is 3. The lowest BCUT2D eigenvalue weighted by Crippen LogP contribution is -2.36. The van der Waals surface area contributed by atoms with Crippen LogP contribution in [0.3, 0.4) is 0 Å². The van der Waals surface area contributed by atoms with Gasteiger partial charge in [0, 0.05) is 17.9 Å². The predicted molar refractivity (Wildman–Crippen MR) is 89.6 cm³/mol. The number of rotatable bonds is 5. The second-order valence-corrected chi connectivity index (χ2v) is 7.13. The minimum Gasteiger partial charge on any atom is -0.393 e. The summed E-state index contributed by atoms with van der Waals surface area (Å²) in [6.07, 6.45) is 0.227. The third-order valence-electron chi connectivity index (χ3n) is 3.87. The van der Waals surface area contributed by atoms with Gasteiger partial charge in [-0.3, -0.25) is 4.79 Å². The molecule has 1 unspecified atom stereocenters. The van der Waals surface area contributed by atoms with Gasteiger partial charge in [0.1, 0.15) is 5.56 Å². The van der Waals surface area contributed by atoms with Gasteiger partial charge in [-0.15, -0.1) is 0 Å². The number of fused-ring (bicyclic) bond motifs is 1. The van der Waals surface area contributed by atoms with Gasteiger partial charge < -0.3 is 10.4 Å². The molecular weight excluding hydrogens is 292 g/mol. The summed E-state index contributed by atoms with van der Waals surface area (Å²) < 4.78 is 1.71. The van der Waals surface area contributed by atoms with E-state index in [4.69, 9.17) is 0 Å². The quantitative estimate of drug-likeness (QED) is 0.885. The number of aliphatic hydroxyl groups excluding tert-OH is 1. The summed E-state index contributed by atoms with van der Waals surface area (Å²) >= 11 is 0. The Morgan fingerprint density at radius 2 is 2.04 bits per heavy atom. The summed E-state index contributed by atoms with van der Waals surface area (Å²) in [5.41, 5.74) is 3.40. The number of nitrogens with one attached hydrogen (secondary N) is 1. The van der Waals surface area contributed by atoms with Crippen LogP contribution in [0.15, 0.2) is 6.07 Å². The van der Waals surface area contributed by atoms with Crippen molar-refractivity contribution in [3.8, 4) is 0 Å². The van der Waals surface area contributed by atoms with Gasteiger partial charge in [0.25, 0.3) is 5.91 Å². The van der Waals surface area contributed by atoms with Crippen molar-refractivity contribution in [1.29, 1.82) is 0 Å². The van der Waals surface area contributed by atoms with E-state index in [2.05, 4.69) is 15.4 Å². The first kappa shape index (κ1) is 17.4. The zero-order valence-electron chi connectivity index (χ0n) is 14.8. The molecule has 0 saturated carbocycles. The molecule has 1 amide bonds. The lowest BCUT2D eigenvalue weighted by Gasteiger charge is -2.26. The topological polar surface area (TPSA) is 79.5 Å². The first-order chi connectivity index (χ1) is 10.6. The van der Waals surface area contributed by atoms with Gasteiger partial charge in [0.2, 0.25) is 0 Å². The van der Waals surface area contributed by atoms with Crippen molar-refractivity contribution in [3.05, 3.63) is 28.7 Å². The first-order valence-corrected chi connectivity index (χ1v) is 7.90. The van der Waals surface area contributed by atoms with E-state index in [1.165, 1.54) is 0 Å². The number of aromatic nitrogens is 3. The Labute approximate surface area is 136 Å². The highest BCUT2D eigenvalue weighted by molar-refractivity contribution is 6.01. The van der Waals surface area contributed by atoms with Gasteiger partial charge in [-0.1, -0.05) is 13.8 Å². The number of amides is 1. The third kappa shape index (κ3) is 3.88. The van der Waals surface area contributed by atoms with Gasteiger partial charge in [-0.05, 0) is 45.6 Å². The molecule has 2 aromatic heterocycles. The second-order valence-electron chi connectivity index (χ2n) is 7.13. The van der Waals surface area contributed by atoms with E-state index in [-0.39, 0.29) is 11.3 Å². The van der Waals surface area contributed by atoms with Crippen LogP contribution in [0.25, 0.3) is 5.65 Å². The Kier molecular flexibility index (Phi) is 4.75. The Morgan fingerprint density at radius 1 is 1.39 bits per heavy atom. The van der Waals surface area contributed by atoms with E-state index in [1.54, 1.807) is 11.4 Å². The van der Waals surface area contributed by atoms with E-state index in [0.29, 0.717) is 29.9 Å². The molecule has 2 aromatic rings. The van der Waals surface area contributed by atoms with Crippen molar-refractivity contribution >= 4 is 11.6 Å². The number of aryl methyl sites for hydroxylation is 3. The van der Waals surface area contributed by atoms with Crippen molar-refractivity contribution < 1.29 is 9.90 Å². The normalized spacial score (nSPS) is 13.3. The average Bonchev–Trinajstić information content (AvgIpc) is 2.71. The Bertz CT molecular complexity index is 732. The van der Waals surface area contributed by atoms with Crippen LogP contribution in [0.4, 0.5) is 0 Å². The van der Waals surface area contributed by atoms with Gasteiger partial charge in [0.05, 0.1) is 11.8 Å². The fraction of sp³-hybridized carbons (Fsp3) is 0.588. The lowest BCUT2D eigenvalue weighted by molar-refractivity contribution is 0.0902. The first-order valence-electron chi connectivity index (χ1n) is 7.90. The summed E-state index contributed by atoms with van der Waals surface area (Å²) in [5, 5.41) is 16.9. The predicted octanol–water partition coefficient (Wildman–Crippen LogP) is 2.18. The number of hydrogen-bond donors (Lipinski definition) is 2. The van der Waals surface area contributed by atoms with Crippen LogP contribution in [0.2, 0.25) is 0 Å². The molecule has 0 fully saturated rings. The monoisotopic (exact) mass is 318 g/mol. The van der Waals surface area contributed by atoms with Crippen molar-refractivity contribution in [2.24, 2.45) is 5.41 Å². The van der Waals surface area contributed by atoms with Crippen molar-refractivity contribution in [2.75, 3.05) is 6.54 Å². The molecule has 0 aliphatic heterocycles. The summed E-state index contributed by atoms with van der Waals surface area (Å²) in [7, 11) is 0. The molecule has 6 heteroatoms. The van der Waals surface area contributed by atoms with Crippen LogP contribution < -0.4 is 5.32 Å². The molecule has 0 spiro atoms. The molecule has 2 rings (SSSR count). The second kappa shape index (κ2) is 6.28. The number of carbonyl (C=O) groups excluding carboxylic acids is 1. The zero-order chi connectivity index (χ0) is 17.4.